The topological polar surface area (TPSA) is 88.0 Å². The van der Waals surface area contributed by atoms with E-state index in [1.54, 1.807) is 18.2 Å². The van der Waals surface area contributed by atoms with Crippen LogP contribution in [0.15, 0.2) is 47.3 Å². The Hall–Kier alpha value is -2.90. The van der Waals surface area contributed by atoms with Crippen LogP contribution >= 0.6 is 11.6 Å². The van der Waals surface area contributed by atoms with Gasteiger partial charge in [-0.2, -0.15) is 15.3 Å². The predicted molar refractivity (Wildman–Crippen MR) is 98.5 cm³/mol. The van der Waals surface area contributed by atoms with E-state index in [1.165, 1.54) is 17.3 Å². The molecule has 1 aliphatic carbocycles. The molecule has 4 rings (SSSR count). The minimum Gasteiger partial charge on any atom is -0.410 e. The standard InChI is InChI=1S/C18H16ClN5O2/c1-23-18(25)24(22-21-23)15-8-4-7-14(19)16(15)17(26-20)13-10-9-11-5-2-3-6-12(11)13/h2-8H,9-10,20H2,1H3/b17-13+. The molecule has 0 aliphatic heterocycles. The van der Waals surface area contributed by atoms with Gasteiger partial charge in [-0.25, -0.2) is 4.79 Å². The van der Waals surface area contributed by atoms with Crippen molar-refractivity contribution in [2.45, 2.75) is 12.8 Å². The number of benzene rings is 2. The van der Waals surface area contributed by atoms with Crippen molar-refractivity contribution >= 4 is 22.9 Å². The van der Waals surface area contributed by atoms with Gasteiger partial charge >= 0.3 is 5.69 Å². The normalized spacial score (nSPS) is 15.0. The zero-order chi connectivity index (χ0) is 18.3. The first-order chi connectivity index (χ1) is 12.6. The monoisotopic (exact) mass is 369 g/mol. The van der Waals surface area contributed by atoms with Crippen LogP contribution in [0.4, 0.5) is 0 Å². The maximum atomic E-state index is 12.3. The van der Waals surface area contributed by atoms with Crippen LogP contribution in [0, 0.1) is 0 Å². The first-order valence-corrected chi connectivity index (χ1v) is 8.46. The van der Waals surface area contributed by atoms with Gasteiger partial charge in [0.1, 0.15) is 0 Å². The summed E-state index contributed by atoms with van der Waals surface area (Å²) < 4.78 is 2.33. The van der Waals surface area contributed by atoms with Gasteiger partial charge in [-0.15, -0.1) is 0 Å². The van der Waals surface area contributed by atoms with Gasteiger partial charge in [-0.05, 0) is 46.5 Å². The van der Waals surface area contributed by atoms with Crippen molar-refractivity contribution in [1.82, 2.24) is 19.8 Å². The summed E-state index contributed by atoms with van der Waals surface area (Å²) in [7, 11) is 1.53. The number of allylic oxidation sites excluding steroid dienone is 1. The fraction of sp³-hybridized carbons (Fsp3) is 0.167. The maximum Gasteiger partial charge on any atom is 0.368 e. The molecule has 0 saturated heterocycles. The molecule has 7 nitrogen and oxygen atoms in total. The Labute approximate surface area is 154 Å². The molecular weight excluding hydrogens is 354 g/mol. The first kappa shape index (κ1) is 16.6. The van der Waals surface area contributed by atoms with Crippen molar-refractivity contribution in [3.8, 4) is 5.69 Å². The molecule has 2 N–H and O–H groups in total. The highest BCUT2D eigenvalue weighted by molar-refractivity contribution is 6.33. The van der Waals surface area contributed by atoms with Gasteiger partial charge in [0.05, 0.1) is 16.3 Å². The highest BCUT2D eigenvalue weighted by Crippen LogP contribution is 2.40. The van der Waals surface area contributed by atoms with Crippen LogP contribution in [0.1, 0.15) is 23.1 Å². The average Bonchev–Trinajstić information content (AvgIpc) is 3.22. The summed E-state index contributed by atoms with van der Waals surface area (Å²) in [5.41, 5.74) is 3.85. The van der Waals surface area contributed by atoms with E-state index in [1.807, 2.05) is 18.2 Å². The molecule has 132 valence electrons. The summed E-state index contributed by atoms with van der Waals surface area (Å²) in [6.07, 6.45) is 1.66. The van der Waals surface area contributed by atoms with Crippen molar-refractivity contribution < 1.29 is 4.84 Å². The van der Waals surface area contributed by atoms with Crippen molar-refractivity contribution in [3.05, 3.63) is 74.7 Å². The van der Waals surface area contributed by atoms with Crippen molar-refractivity contribution in [2.75, 3.05) is 0 Å². The van der Waals surface area contributed by atoms with Gasteiger partial charge in [0.2, 0.25) is 0 Å². The van der Waals surface area contributed by atoms with Crippen LogP contribution in [-0.4, -0.2) is 19.8 Å². The molecule has 1 aliphatic rings. The van der Waals surface area contributed by atoms with E-state index in [4.69, 9.17) is 22.3 Å². The molecule has 0 atom stereocenters. The van der Waals surface area contributed by atoms with Crippen molar-refractivity contribution in [3.63, 3.8) is 0 Å². The molecule has 1 heterocycles. The molecule has 0 saturated carbocycles. The number of hydrogen-bond acceptors (Lipinski definition) is 5. The number of nitrogens with zero attached hydrogens (tertiary/aromatic N) is 4. The second-order valence-corrected chi connectivity index (χ2v) is 6.42. The van der Waals surface area contributed by atoms with E-state index in [0.717, 1.165) is 28.7 Å². The third-order valence-corrected chi connectivity index (χ3v) is 4.86. The number of aryl methyl sites for hydroxylation is 2. The van der Waals surface area contributed by atoms with Crippen molar-refractivity contribution in [2.24, 2.45) is 12.9 Å². The Morgan fingerprint density at radius 1 is 1.15 bits per heavy atom. The van der Waals surface area contributed by atoms with Crippen LogP contribution < -0.4 is 11.6 Å². The van der Waals surface area contributed by atoms with E-state index in [-0.39, 0.29) is 5.69 Å². The molecule has 0 unspecified atom stereocenters. The lowest BCUT2D eigenvalue weighted by molar-refractivity contribution is 0.291. The molecule has 0 spiro atoms. The van der Waals surface area contributed by atoms with Gasteiger partial charge < -0.3 is 4.84 Å². The molecule has 0 radical (unpaired) electrons. The van der Waals surface area contributed by atoms with Crippen LogP contribution in [-0.2, 0) is 18.3 Å². The second kappa shape index (κ2) is 6.44. The maximum absolute atomic E-state index is 12.3. The summed E-state index contributed by atoms with van der Waals surface area (Å²) >= 11 is 6.48. The molecule has 2 aromatic carbocycles. The summed E-state index contributed by atoms with van der Waals surface area (Å²) in [6, 6.07) is 13.3. The van der Waals surface area contributed by atoms with E-state index < -0.39 is 0 Å². The van der Waals surface area contributed by atoms with Crippen LogP contribution in [0.25, 0.3) is 17.0 Å². The smallest absolute Gasteiger partial charge is 0.368 e. The first-order valence-electron chi connectivity index (χ1n) is 8.08. The Morgan fingerprint density at radius 2 is 1.96 bits per heavy atom. The fourth-order valence-corrected chi connectivity index (χ4v) is 3.58. The highest BCUT2D eigenvalue weighted by atomic mass is 35.5. The second-order valence-electron chi connectivity index (χ2n) is 6.01. The molecule has 0 bridgehead atoms. The summed E-state index contributed by atoms with van der Waals surface area (Å²) in [5.74, 6) is 6.09. The highest BCUT2D eigenvalue weighted by Gasteiger charge is 2.26. The molecule has 1 aromatic heterocycles. The molecule has 0 amide bonds. The van der Waals surface area contributed by atoms with Gasteiger partial charge in [-0.3, -0.25) is 0 Å². The zero-order valence-electron chi connectivity index (χ0n) is 14.0. The van der Waals surface area contributed by atoms with E-state index in [2.05, 4.69) is 16.5 Å². The number of nitrogens with two attached hydrogens (primary N) is 1. The average molecular weight is 370 g/mol. The molecule has 3 aromatic rings. The largest absolute Gasteiger partial charge is 0.410 e. The number of halogens is 1. The number of hydrogen-bond donors (Lipinski definition) is 1. The lowest BCUT2D eigenvalue weighted by Gasteiger charge is -2.15. The lowest BCUT2D eigenvalue weighted by atomic mass is 10.0. The summed E-state index contributed by atoms with van der Waals surface area (Å²) in [4.78, 5) is 17.6. The molecule has 26 heavy (non-hydrogen) atoms. The number of rotatable bonds is 3. The number of aromatic nitrogens is 4. The van der Waals surface area contributed by atoms with Crippen molar-refractivity contribution in [1.29, 1.82) is 0 Å². The van der Waals surface area contributed by atoms with Gasteiger partial charge in [-0.1, -0.05) is 41.9 Å². The Kier molecular flexibility index (Phi) is 4.10. The minimum absolute atomic E-state index is 0.387. The third kappa shape index (κ3) is 2.53. The van der Waals surface area contributed by atoms with Gasteiger partial charge in [0.25, 0.3) is 0 Å². The Balaban J connectivity index is 2.00. The predicted octanol–water partition coefficient (Wildman–Crippen LogP) is 2.32. The third-order valence-electron chi connectivity index (χ3n) is 4.55. The quantitative estimate of drug-likeness (QED) is 0.565. The van der Waals surface area contributed by atoms with E-state index >= 15 is 0 Å². The lowest BCUT2D eigenvalue weighted by Crippen LogP contribution is -2.23. The number of fused-ring (bicyclic) bond motifs is 1. The van der Waals surface area contributed by atoms with E-state index in [0.29, 0.717) is 22.0 Å². The summed E-state index contributed by atoms with van der Waals surface area (Å²) in [6.45, 7) is 0. The van der Waals surface area contributed by atoms with Gasteiger partial charge in [0, 0.05) is 12.6 Å². The number of tetrazole rings is 1. The van der Waals surface area contributed by atoms with E-state index in [9.17, 15) is 4.79 Å². The Morgan fingerprint density at radius 3 is 2.69 bits per heavy atom. The Bertz CT molecular complexity index is 1080. The zero-order valence-corrected chi connectivity index (χ0v) is 14.8. The molecule has 0 fully saturated rings. The van der Waals surface area contributed by atoms with Crippen LogP contribution in [0.2, 0.25) is 5.02 Å². The SMILES string of the molecule is Cn1nnn(-c2cccc(Cl)c2/C(ON)=C2/CCc3ccccc32)c1=O. The van der Waals surface area contributed by atoms with Crippen LogP contribution in [0.3, 0.4) is 0 Å². The minimum atomic E-state index is -0.387. The summed E-state index contributed by atoms with van der Waals surface area (Å²) in [5, 5.41) is 8.10. The van der Waals surface area contributed by atoms with Crippen LogP contribution in [0.5, 0.6) is 0 Å². The molecule has 8 heteroatoms. The molecular formula is C18H16ClN5O2. The van der Waals surface area contributed by atoms with Gasteiger partial charge in [0.15, 0.2) is 5.76 Å². The fourth-order valence-electron chi connectivity index (χ4n) is 3.32.